The van der Waals surface area contributed by atoms with Gasteiger partial charge >= 0.3 is 0 Å². The summed E-state index contributed by atoms with van der Waals surface area (Å²) < 4.78 is 5.35. The second-order valence-corrected chi connectivity index (χ2v) is 9.54. The van der Waals surface area contributed by atoms with Gasteiger partial charge in [0.25, 0.3) is 17.3 Å². The van der Waals surface area contributed by atoms with Crippen molar-refractivity contribution in [2.24, 2.45) is 4.99 Å². The Morgan fingerprint density at radius 1 is 1.03 bits per heavy atom. The standard InChI is InChI=1S/C27H21N5O6S/c1-38-24-11-10-21(32(36)37)14-18(24)15-25-26(33)30(13-12-17-16-28-23-5-3-2-4-22(17)23)27(39-25)29-19-6-8-20(9-7-19)31(34)35/h2-11,14-16,28H,12-13H2,1H3/b25-15-,29-27?. The van der Waals surface area contributed by atoms with E-state index < -0.39 is 9.85 Å². The average Bonchev–Trinajstić information content (AvgIpc) is 3.47. The molecule has 0 saturated carbocycles. The van der Waals surface area contributed by atoms with Crippen LogP contribution in [0, 0.1) is 20.2 Å². The van der Waals surface area contributed by atoms with Crippen molar-refractivity contribution < 1.29 is 19.4 Å². The van der Waals surface area contributed by atoms with E-state index in [-0.39, 0.29) is 17.3 Å². The first-order chi connectivity index (χ1) is 18.8. The Labute approximate surface area is 226 Å². The number of fused-ring (bicyclic) bond motifs is 1. The Balaban J connectivity index is 1.50. The van der Waals surface area contributed by atoms with Crippen molar-refractivity contribution in [2.75, 3.05) is 13.7 Å². The Morgan fingerprint density at radius 2 is 1.74 bits per heavy atom. The van der Waals surface area contributed by atoms with Crippen molar-refractivity contribution in [3.8, 4) is 5.75 Å². The fraction of sp³-hybridized carbons (Fsp3) is 0.111. The zero-order valence-corrected chi connectivity index (χ0v) is 21.4. The summed E-state index contributed by atoms with van der Waals surface area (Å²) in [5.74, 6) is 0.0710. The summed E-state index contributed by atoms with van der Waals surface area (Å²) >= 11 is 1.12. The molecule has 1 N–H and O–H groups in total. The first-order valence-electron chi connectivity index (χ1n) is 11.8. The largest absolute Gasteiger partial charge is 0.496 e. The summed E-state index contributed by atoms with van der Waals surface area (Å²) in [5.41, 5.74) is 2.67. The number of hydrogen-bond donors (Lipinski definition) is 1. The van der Waals surface area contributed by atoms with Gasteiger partial charge < -0.3 is 9.72 Å². The Bertz CT molecular complexity index is 1660. The summed E-state index contributed by atoms with van der Waals surface area (Å²) in [6.45, 7) is 0.322. The minimum absolute atomic E-state index is 0.0661. The number of thioether (sulfide) groups is 1. The number of aliphatic imine (C=N–C) groups is 1. The van der Waals surface area contributed by atoms with Crippen LogP contribution in [-0.4, -0.2) is 44.5 Å². The number of hydrogen-bond acceptors (Lipinski definition) is 8. The minimum atomic E-state index is -0.514. The molecule has 0 radical (unpaired) electrons. The van der Waals surface area contributed by atoms with E-state index in [1.165, 1.54) is 49.6 Å². The van der Waals surface area contributed by atoms with Gasteiger partial charge in [-0.1, -0.05) is 18.2 Å². The molecule has 0 unspecified atom stereocenters. The molecular weight excluding hydrogens is 522 g/mol. The number of carbonyl (C=O) groups is 1. The number of amidine groups is 1. The molecule has 5 rings (SSSR count). The lowest BCUT2D eigenvalue weighted by molar-refractivity contribution is -0.385. The molecule has 0 aliphatic carbocycles. The van der Waals surface area contributed by atoms with Gasteiger partial charge in [0.15, 0.2) is 5.17 Å². The lowest BCUT2D eigenvalue weighted by Crippen LogP contribution is -2.31. The normalized spacial score (nSPS) is 15.4. The SMILES string of the molecule is COc1ccc([N+](=O)[O-])cc1/C=C1\SC(=Nc2ccc([N+](=O)[O-])cc2)N(CCc2c[nH]c3ccccc23)C1=O. The van der Waals surface area contributed by atoms with Crippen LogP contribution in [0.3, 0.4) is 0 Å². The zero-order valence-electron chi connectivity index (χ0n) is 20.6. The van der Waals surface area contributed by atoms with E-state index in [1.807, 2.05) is 30.5 Å². The van der Waals surface area contributed by atoms with Gasteiger partial charge in [-0.15, -0.1) is 0 Å². The third-order valence-corrected chi connectivity index (χ3v) is 7.17. The highest BCUT2D eigenvalue weighted by Crippen LogP contribution is 2.37. The van der Waals surface area contributed by atoms with E-state index in [4.69, 9.17) is 4.74 Å². The first kappa shape index (κ1) is 25.7. The van der Waals surface area contributed by atoms with Crippen LogP contribution >= 0.6 is 11.8 Å². The number of amides is 1. The number of methoxy groups -OCH3 is 1. The van der Waals surface area contributed by atoms with Gasteiger partial charge in [-0.05, 0) is 54.1 Å². The van der Waals surface area contributed by atoms with Gasteiger partial charge in [0.05, 0.1) is 27.5 Å². The first-order valence-corrected chi connectivity index (χ1v) is 12.6. The van der Waals surface area contributed by atoms with Crippen LogP contribution in [-0.2, 0) is 11.2 Å². The number of rotatable bonds is 8. The van der Waals surface area contributed by atoms with E-state index in [0.29, 0.717) is 40.0 Å². The molecule has 2 heterocycles. The van der Waals surface area contributed by atoms with Gasteiger partial charge in [0, 0.05) is 53.5 Å². The fourth-order valence-corrected chi connectivity index (χ4v) is 5.22. The lowest BCUT2D eigenvalue weighted by atomic mass is 10.1. The van der Waals surface area contributed by atoms with Crippen LogP contribution < -0.4 is 4.74 Å². The number of benzene rings is 3. The van der Waals surface area contributed by atoms with Crippen LogP contribution in [0.2, 0.25) is 0 Å². The Hall–Kier alpha value is -4.97. The van der Waals surface area contributed by atoms with Gasteiger partial charge in [-0.25, -0.2) is 4.99 Å². The average molecular weight is 544 g/mol. The summed E-state index contributed by atoms with van der Waals surface area (Å²) in [5, 5.41) is 23.8. The number of nitrogens with one attached hydrogen (secondary N) is 1. The van der Waals surface area contributed by atoms with E-state index >= 15 is 0 Å². The lowest BCUT2D eigenvalue weighted by Gasteiger charge is -2.15. The zero-order chi connectivity index (χ0) is 27.5. The molecule has 1 amide bonds. The second kappa shape index (κ2) is 10.8. The van der Waals surface area contributed by atoms with Crippen molar-refractivity contribution in [1.29, 1.82) is 0 Å². The second-order valence-electron chi connectivity index (χ2n) is 8.53. The van der Waals surface area contributed by atoms with Crippen molar-refractivity contribution in [2.45, 2.75) is 6.42 Å². The number of nitrogens with zero attached hydrogens (tertiary/aromatic N) is 4. The van der Waals surface area contributed by atoms with E-state index in [2.05, 4.69) is 9.98 Å². The van der Waals surface area contributed by atoms with Crippen molar-refractivity contribution in [3.05, 3.63) is 109 Å². The maximum absolute atomic E-state index is 13.6. The highest BCUT2D eigenvalue weighted by molar-refractivity contribution is 8.18. The number of aromatic amines is 1. The number of nitro groups is 2. The van der Waals surface area contributed by atoms with E-state index in [0.717, 1.165) is 28.2 Å². The van der Waals surface area contributed by atoms with Gasteiger partial charge in [0.2, 0.25) is 0 Å². The quantitative estimate of drug-likeness (QED) is 0.167. The molecule has 0 atom stereocenters. The molecule has 4 aromatic rings. The predicted octanol–water partition coefficient (Wildman–Crippen LogP) is 5.84. The number of aromatic nitrogens is 1. The molecule has 11 nitrogen and oxygen atoms in total. The molecule has 3 aromatic carbocycles. The third kappa shape index (κ3) is 5.36. The van der Waals surface area contributed by atoms with Crippen LogP contribution in [0.25, 0.3) is 17.0 Å². The summed E-state index contributed by atoms with van der Waals surface area (Å²) in [7, 11) is 1.45. The molecule has 1 saturated heterocycles. The van der Waals surface area contributed by atoms with E-state index in [9.17, 15) is 25.0 Å². The topological polar surface area (TPSA) is 144 Å². The van der Waals surface area contributed by atoms with Crippen LogP contribution in [0.5, 0.6) is 5.75 Å². The number of H-pyrrole nitrogens is 1. The maximum Gasteiger partial charge on any atom is 0.270 e. The Morgan fingerprint density at radius 3 is 2.46 bits per heavy atom. The monoisotopic (exact) mass is 543 g/mol. The van der Waals surface area contributed by atoms with Gasteiger partial charge in [0.1, 0.15) is 5.75 Å². The van der Waals surface area contributed by atoms with Gasteiger partial charge in [-0.3, -0.25) is 29.9 Å². The number of carbonyl (C=O) groups excluding carboxylic acids is 1. The van der Waals surface area contributed by atoms with Crippen LogP contribution in [0.1, 0.15) is 11.1 Å². The molecule has 39 heavy (non-hydrogen) atoms. The molecule has 1 aliphatic heterocycles. The minimum Gasteiger partial charge on any atom is -0.496 e. The third-order valence-electron chi connectivity index (χ3n) is 6.16. The molecule has 12 heteroatoms. The smallest absolute Gasteiger partial charge is 0.270 e. The molecule has 1 fully saturated rings. The fourth-order valence-electron chi connectivity index (χ4n) is 4.21. The number of para-hydroxylation sites is 1. The van der Waals surface area contributed by atoms with Crippen molar-refractivity contribution in [3.63, 3.8) is 0 Å². The number of nitro benzene ring substituents is 2. The highest BCUT2D eigenvalue weighted by atomic mass is 32.2. The molecule has 0 bridgehead atoms. The number of non-ortho nitro benzene ring substituents is 2. The van der Waals surface area contributed by atoms with Crippen molar-refractivity contribution >= 4 is 56.9 Å². The molecule has 0 spiro atoms. The predicted molar refractivity (Wildman–Crippen MR) is 149 cm³/mol. The van der Waals surface area contributed by atoms with Gasteiger partial charge in [-0.2, -0.15) is 0 Å². The highest BCUT2D eigenvalue weighted by Gasteiger charge is 2.34. The number of ether oxygens (including phenoxy) is 1. The van der Waals surface area contributed by atoms with Crippen molar-refractivity contribution in [1.82, 2.24) is 9.88 Å². The molecule has 196 valence electrons. The van der Waals surface area contributed by atoms with E-state index in [1.54, 1.807) is 11.0 Å². The summed E-state index contributed by atoms with van der Waals surface area (Å²) in [6, 6.07) is 17.8. The summed E-state index contributed by atoms with van der Waals surface area (Å²) in [4.78, 5) is 44.6. The maximum atomic E-state index is 13.6. The molecular formula is C27H21N5O6S. The van der Waals surface area contributed by atoms with Crippen LogP contribution in [0.15, 0.2) is 82.8 Å². The van der Waals surface area contributed by atoms with Crippen LogP contribution in [0.4, 0.5) is 17.1 Å². The molecule has 1 aromatic heterocycles. The Kier molecular flexibility index (Phi) is 7.10. The molecule has 1 aliphatic rings. The summed E-state index contributed by atoms with van der Waals surface area (Å²) in [6.07, 6.45) is 4.01.